The molecule has 1 heterocycles. The topological polar surface area (TPSA) is 65.4 Å². The van der Waals surface area contributed by atoms with Crippen LogP contribution in [0.4, 0.5) is 4.79 Å². The van der Waals surface area contributed by atoms with Crippen molar-refractivity contribution in [2.75, 3.05) is 0 Å². The first-order valence-electron chi connectivity index (χ1n) is 5.98. The molecule has 0 aliphatic heterocycles. The molecule has 0 spiro atoms. The molecule has 2 rings (SSSR count). The molecule has 114 valence electrons. The molecule has 0 amide bonds. The second-order valence-corrected chi connectivity index (χ2v) is 8.39. The molecule has 0 fully saturated rings. The highest BCUT2D eigenvalue weighted by atomic mass is 35.7. The zero-order chi connectivity index (χ0) is 16.0. The second kappa shape index (κ2) is 5.19. The maximum Gasteiger partial charge on any atom is 0.418 e. The number of benzene rings is 1. The zero-order valence-electron chi connectivity index (χ0n) is 11.6. The molecule has 2 aromatic rings. The number of nitrogens with zero attached hydrogens (tertiary/aromatic N) is 1. The molecule has 0 aliphatic rings. The first-order chi connectivity index (χ1) is 9.49. The number of carbonyl (C=O) groups excluding carboxylic acids is 1. The van der Waals surface area contributed by atoms with Crippen molar-refractivity contribution in [3.05, 3.63) is 29.4 Å². The maximum absolute atomic E-state index is 12.1. The van der Waals surface area contributed by atoms with Gasteiger partial charge in [0.05, 0.1) is 10.5 Å². The molecular formula is C13H13Cl2NO4S. The summed E-state index contributed by atoms with van der Waals surface area (Å²) in [5, 5.41) is 0.606. The third kappa shape index (κ3) is 3.51. The summed E-state index contributed by atoms with van der Waals surface area (Å²) < 4.78 is 29.4. The molecule has 0 radical (unpaired) electrons. The Kier molecular flexibility index (Phi) is 3.99. The normalized spacial score (nSPS) is 12.6. The van der Waals surface area contributed by atoms with E-state index in [0.717, 1.165) is 0 Å². The summed E-state index contributed by atoms with van der Waals surface area (Å²) in [5.41, 5.74) is -0.311. The summed E-state index contributed by atoms with van der Waals surface area (Å²) in [6, 6.07) is 4.33. The van der Waals surface area contributed by atoms with Gasteiger partial charge in [-0.25, -0.2) is 13.2 Å². The molecular weight excluding hydrogens is 337 g/mol. The molecule has 0 unspecified atom stereocenters. The van der Waals surface area contributed by atoms with Gasteiger partial charge in [0.2, 0.25) is 0 Å². The van der Waals surface area contributed by atoms with Gasteiger partial charge >= 0.3 is 6.09 Å². The van der Waals surface area contributed by atoms with E-state index in [1.807, 2.05) is 0 Å². The average molecular weight is 350 g/mol. The number of hydrogen-bond donors (Lipinski definition) is 0. The third-order valence-corrected chi connectivity index (χ3v) is 4.38. The Labute approximate surface area is 131 Å². The monoisotopic (exact) mass is 349 g/mol. The molecule has 0 aliphatic carbocycles. The van der Waals surface area contributed by atoms with Crippen LogP contribution in [-0.2, 0) is 13.8 Å². The summed E-state index contributed by atoms with van der Waals surface area (Å²) >= 11 is 5.89. The first-order valence-corrected chi connectivity index (χ1v) is 8.66. The standard InChI is InChI=1S/C13H13Cl2NO4S/c1-13(2,3)20-12(17)16-5-4-8-6-9(14)11(7-10(8)16)21(15,18)19/h4-7H,1-3H3. The Morgan fingerprint density at radius 1 is 1.29 bits per heavy atom. The van der Waals surface area contributed by atoms with Crippen molar-refractivity contribution in [3.8, 4) is 0 Å². The SMILES string of the molecule is CC(C)(C)OC(=O)n1ccc2cc(Cl)c(S(=O)(=O)Cl)cc21. The van der Waals surface area contributed by atoms with Gasteiger partial charge in [-0.1, -0.05) is 11.6 Å². The van der Waals surface area contributed by atoms with Crippen molar-refractivity contribution < 1.29 is 17.9 Å². The van der Waals surface area contributed by atoms with Crippen LogP contribution in [0.15, 0.2) is 29.3 Å². The van der Waals surface area contributed by atoms with Gasteiger partial charge in [-0.15, -0.1) is 0 Å². The molecule has 0 atom stereocenters. The van der Waals surface area contributed by atoms with E-state index in [9.17, 15) is 13.2 Å². The molecule has 21 heavy (non-hydrogen) atoms. The van der Waals surface area contributed by atoms with Crippen molar-refractivity contribution in [3.63, 3.8) is 0 Å². The van der Waals surface area contributed by atoms with E-state index in [0.29, 0.717) is 10.9 Å². The number of halogens is 2. The second-order valence-electron chi connectivity index (χ2n) is 5.45. The molecule has 1 aromatic heterocycles. The van der Waals surface area contributed by atoms with Crippen LogP contribution in [-0.4, -0.2) is 24.7 Å². The van der Waals surface area contributed by atoms with Crippen LogP contribution in [0.1, 0.15) is 20.8 Å². The van der Waals surface area contributed by atoms with Gasteiger partial charge in [-0.3, -0.25) is 4.57 Å². The van der Waals surface area contributed by atoms with Gasteiger partial charge in [0.25, 0.3) is 9.05 Å². The Morgan fingerprint density at radius 2 is 1.90 bits per heavy atom. The highest BCUT2D eigenvalue weighted by Gasteiger charge is 2.22. The van der Waals surface area contributed by atoms with Crippen molar-refractivity contribution in [2.45, 2.75) is 31.3 Å². The zero-order valence-corrected chi connectivity index (χ0v) is 13.9. The highest BCUT2D eigenvalue weighted by molar-refractivity contribution is 8.13. The lowest BCUT2D eigenvalue weighted by Gasteiger charge is -2.19. The number of aromatic nitrogens is 1. The molecule has 8 heteroatoms. The van der Waals surface area contributed by atoms with Crippen LogP contribution in [0.2, 0.25) is 5.02 Å². The minimum Gasteiger partial charge on any atom is -0.443 e. The molecule has 0 bridgehead atoms. The van der Waals surface area contributed by atoms with Crippen molar-refractivity contribution in [2.24, 2.45) is 0 Å². The van der Waals surface area contributed by atoms with E-state index < -0.39 is 20.7 Å². The number of carbonyl (C=O) groups is 1. The summed E-state index contributed by atoms with van der Waals surface area (Å²) in [4.78, 5) is 11.9. The van der Waals surface area contributed by atoms with Gasteiger partial charge in [-0.05, 0) is 39.0 Å². The van der Waals surface area contributed by atoms with Crippen molar-refractivity contribution in [1.82, 2.24) is 4.57 Å². The summed E-state index contributed by atoms with van der Waals surface area (Å²) in [6.07, 6.45) is 0.873. The Bertz CT molecular complexity index is 819. The lowest BCUT2D eigenvalue weighted by molar-refractivity contribution is 0.0544. The fourth-order valence-corrected chi connectivity index (χ4v) is 3.31. The Balaban J connectivity index is 2.60. The Morgan fingerprint density at radius 3 is 2.43 bits per heavy atom. The van der Waals surface area contributed by atoms with E-state index >= 15 is 0 Å². The van der Waals surface area contributed by atoms with Crippen LogP contribution in [0.3, 0.4) is 0 Å². The van der Waals surface area contributed by atoms with Crippen LogP contribution in [0.5, 0.6) is 0 Å². The molecule has 0 N–H and O–H groups in total. The maximum atomic E-state index is 12.1. The predicted octanol–water partition coefficient (Wildman–Crippen LogP) is 4.01. The lowest BCUT2D eigenvalue weighted by atomic mass is 10.2. The van der Waals surface area contributed by atoms with E-state index in [-0.39, 0.29) is 9.92 Å². The number of rotatable bonds is 1. The Hall–Kier alpha value is -1.24. The van der Waals surface area contributed by atoms with E-state index in [1.54, 1.807) is 26.8 Å². The van der Waals surface area contributed by atoms with Gasteiger partial charge in [-0.2, -0.15) is 0 Å². The molecule has 0 saturated heterocycles. The minimum atomic E-state index is -4.01. The predicted molar refractivity (Wildman–Crippen MR) is 81.6 cm³/mol. The van der Waals surface area contributed by atoms with Gasteiger partial charge in [0.1, 0.15) is 10.5 Å². The van der Waals surface area contributed by atoms with Crippen molar-refractivity contribution in [1.29, 1.82) is 0 Å². The number of fused-ring (bicyclic) bond motifs is 1. The van der Waals surface area contributed by atoms with Crippen molar-refractivity contribution >= 4 is 48.3 Å². The van der Waals surface area contributed by atoms with Gasteiger partial charge in [0, 0.05) is 22.3 Å². The highest BCUT2D eigenvalue weighted by Crippen LogP contribution is 2.30. The van der Waals surface area contributed by atoms with Gasteiger partial charge in [0.15, 0.2) is 0 Å². The molecule has 5 nitrogen and oxygen atoms in total. The average Bonchev–Trinajstić information content (AvgIpc) is 2.66. The van der Waals surface area contributed by atoms with E-state index in [2.05, 4.69) is 0 Å². The number of ether oxygens (including phenoxy) is 1. The van der Waals surface area contributed by atoms with Crippen LogP contribution in [0, 0.1) is 0 Å². The fraction of sp³-hybridized carbons (Fsp3) is 0.308. The van der Waals surface area contributed by atoms with Crippen LogP contribution >= 0.6 is 22.3 Å². The summed E-state index contributed by atoms with van der Waals surface area (Å²) in [6.45, 7) is 5.21. The van der Waals surface area contributed by atoms with Crippen LogP contribution < -0.4 is 0 Å². The minimum absolute atomic E-state index is 0.000520. The number of hydrogen-bond acceptors (Lipinski definition) is 4. The quantitative estimate of drug-likeness (QED) is 0.729. The molecule has 1 aromatic carbocycles. The summed E-state index contributed by atoms with van der Waals surface area (Å²) in [5.74, 6) is 0. The fourth-order valence-electron chi connectivity index (χ4n) is 1.79. The molecule has 0 saturated carbocycles. The van der Waals surface area contributed by atoms with Crippen LogP contribution in [0.25, 0.3) is 10.9 Å². The largest absolute Gasteiger partial charge is 0.443 e. The smallest absolute Gasteiger partial charge is 0.418 e. The third-order valence-electron chi connectivity index (χ3n) is 2.60. The van der Waals surface area contributed by atoms with E-state index in [1.165, 1.54) is 22.9 Å². The summed E-state index contributed by atoms with van der Waals surface area (Å²) in [7, 11) is 1.33. The first kappa shape index (κ1) is 16.1. The van der Waals surface area contributed by atoms with E-state index in [4.69, 9.17) is 27.0 Å². The lowest BCUT2D eigenvalue weighted by Crippen LogP contribution is -2.26. The van der Waals surface area contributed by atoms with Gasteiger partial charge < -0.3 is 4.74 Å².